The molecule has 1 saturated carbocycles. The number of rotatable bonds is 6. The zero-order valence-electron chi connectivity index (χ0n) is 12.1. The Bertz CT molecular complexity index is 379. The van der Waals surface area contributed by atoms with Crippen molar-refractivity contribution in [3.05, 3.63) is 0 Å². The van der Waals surface area contributed by atoms with E-state index in [2.05, 4.69) is 17.6 Å². The minimum Gasteiger partial charge on any atom is -0.481 e. The number of hydrogen-bond acceptors (Lipinski definition) is 3. The van der Waals surface area contributed by atoms with Crippen LogP contribution in [-0.2, 0) is 15.6 Å². The number of carbonyl (C=O) groups is 2. The molecule has 7 heteroatoms. The quantitative estimate of drug-likeness (QED) is 0.680. The van der Waals surface area contributed by atoms with Gasteiger partial charge in [-0.15, -0.1) is 0 Å². The Labute approximate surface area is 122 Å². The summed E-state index contributed by atoms with van der Waals surface area (Å²) in [6.07, 6.45) is 4.53. The molecule has 1 aliphatic carbocycles. The van der Waals surface area contributed by atoms with Crippen molar-refractivity contribution in [1.82, 2.24) is 10.6 Å². The lowest BCUT2D eigenvalue weighted by Gasteiger charge is -2.35. The molecule has 1 atom stereocenters. The van der Waals surface area contributed by atoms with Crippen LogP contribution in [0.2, 0.25) is 0 Å². The van der Waals surface area contributed by atoms with Crippen LogP contribution in [0, 0.1) is 11.3 Å². The van der Waals surface area contributed by atoms with E-state index in [0.29, 0.717) is 31.1 Å². The number of carboxylic acids is 1. The summed E-state index contributed by atoms with van der Waals surface area (Å²) in [5.74, 6) is 0.116. The van der Waals surface area contributed by atoms with E-state index in [-0.39, 0.29) is 6.54 Å². The molecule has 1 fully saturated rings. The molecule has 0 radical (unpaired) electrons. The second kappa shape index (κ2) is 7.61. The molecule has 0 heterocycles. The second-order valence-electron chi connectivity index (χ2n) is 5.65. The highest BCUT2D eigenvalue weighted by Crippen LogP contribution is 2.38. The molecule has 0 aromatic heterocycles. The summed E-state index contributed by atoms with van der Waals surface area (Å²) in [5.41, 5.74) is -0.836. The first-order valence-corrected chi connectivity index (χ1v) is 8.63. The van der Waals surface area contributed by atoms with Crippen LogP contribution in [0.25, 0.3) is 0 Å². The van der Waals surface area contributed by atoms with Crippen molar-refractivity contribution >= 4 is 22.8 Å². The van der Waals surface area contributed by atoms with Gasteiger partial charge in [-0.25, -0.2) is 4.79 Å². The predicted molar refractivity (Wildman–Crippen MR) is 78.0 cm³/mol. The Balaban J connectivity index is 2.41. The van der Waals surface area contributed by atoms with Crippen molar-refractivity contribution in [2.75, 3.05) is 25.1 Å². The molecule has 0 aliphatic heterocycles. The SMILES string of the molecule is CC1CCC(CNC(=O)NCCS(C)=O)(C(=O)O)CC1. The lowest BCUT2D eigenvalue weighted by molar-refractivity contribution is -0.151. The van der Waals surface area contributed by atoms with E-state index in [1.165, 1.54) is 0 Å². The van der Waals surface area contributed by atoms with Gasteiger partial charge in [-0.3, -0.25) is 9.00 Å². The van der Waals surface area contributed by atoms with Gasteiger partial charge in [0.1, 0.15) is 0 Å². The molecule has 0 aromatic carbocycles. The number of carboxylic acid groups (broad SMARTS) is 1. The van der Waals surface area contributed by atoms with E-state index in [4.69, 9.17) is 0 Å². The Morgan fingerprint density at radius 1 is 1.30 bits per heavy atom. The largest absolute Gasteiger partial charge is 0.481 e. The van der Waals surface area contributed by atoms with Crippen molar-refractivity contribution < 1.29 is 18.9 Å². The van der Waals surface area contributed by atoms with Crippen molar-refractivity contribution in [3.63, 3.8) is 0 Å². The monoisotopic (exact) mass is 304 g/mol. The van der Waals surface area contributed by atoms with Gasteiger partial charge in [0, 0.05) is 35.9 Å². The average molecular weight is 304 g/mol. The van der Waals surface area contributed by atoms with E-state index in [1.807, 2.05) is 0 Å². The highest BCUT2D eigenvalue weighted by molar-refractivity contribution is 7.84. The van der Waals surface area contributed by atoms with Gasteiger partial charge in [0.25, 0.3) is 0 Å². The number of hydrogen-bond donors (Lipinski definition) is 3. The third-order valence-electron chi connectivity index (χ3n) is 3.95. The summed E-state index contributed by atoms with van der Waals surface area (Å²) in [7, 11) is -0.946. The molecule has 1 unspecified atom stereocenters. The average Bonchev–Trinajstić information content (AvgIpc) is 2.37. The Morgan fingerprint density at radius 2 is 1.90 bits per heavy atom. The van der Waals surface area contributed by atoms with Gasteiger partial charge in [0.15, 0.2) is 0 Å². The van der Waals surface area contributed by atoms with Gasteiger partial charge in [0.2, 0.25) is 0 Å². The number of urea groups is 1. The van der Waals surface area contributed by atoms with Gasteiger partial charge >= 0.3 is 12.0 Å². The molecule has 20 heavy (non-hydrogen) atoms. The fourth-order valence-electron chi connectivity index (χ4n) is 2.40. The van der Waals surface area contributed by atoms with E-state index < -0.39 is 28.2 Å². The summed E-state index contributed by atoms with van der Waals surface area (Å²) in [4.78, 5) is 23.1. The van der Waals surface area contributed by atoms with Crippen LogP contribution >= 0.6 is 0 Å². The molecular formula is C13H24N2O4S. The topological polar surface area (TPSA) is 95.5 Å². The van der Waals surface area contributed by atoms with Gasteiger partial charge in [0.05, 0.1) is 5.41 Å². The van der Waals surface area contributed by atoms with Crippen LogP contribution in [0.15, 0.2) is 0 Å². The van der Waals surface area contributed by atoms with Crippen LogP contribution in [0.5, 0.6) is 0 Å². The smallest absolute Gasteiger partial charge is 0.314 e. The van der Waals surface area contributed by atoms with Crippen LogP contribution < -0.4 is 10.6 Å². The maximum atomic E-state index is 11.6. The summed E-state index contributed by atoms with van der Waals surface area (Å²) in [6, 6.07) is -0.394. The first-order chi connectivity index (χ1) is 9.35. The van der Waals surface area contributed by atoms with Gasteiger partial charge < -0.3 is 15.7 Å². The fraction of sp³-hybridized carbons (Fsp3) is 0.846. The molecule has 6 nitrogen and oxygen atoms in total. The van der Waals surface area contributed by atoms with Crippen molar-refractivity contribution in [3.8, 4) is 0 Å². The van der Waals surface area contributed by atoms with E-state index in [9.17, 15) is 18.9 Å². The Kier molecular flexibility index (Phi) is 6.45. The third-order valence-corrected chi connectivity index (χ3v) is 4.73. The second-order valence-corrected chi connectivity index (χ2v) is 7.21. The predicted octanol–water partition coefficient (Wildman–Crippen LogP) is 0.945. The van der Waals surface area contributed by atoms with Crippen LogP contribution in [0.3, 0.4) is 0 Å². The summed E-state index contributed by atoms with van der Waals surface area (Å²) < 4.78 is 10.9. The first kappa shape index (κ1) is 16.9. The minimum atomic E-state index is -0.946. The molecular weight excluding hydrogens is 280 g/mol. The number of nitrogens with one attached hydrogen (secondary N) is 2. The number of aliphatic carboxylic acids is 1. The van der Waals surface area contributed by atoms with Crippen molar-refractivity contribution in [2.24, 2.45) is 11.3 Å². The third kappa shape index (κ3) is 5.11. The minimum absolute atomic E-state index is 0.149. The van der Waals surface area contributed by atoms with Crippen LogP contribution in [-0.4, -0.2) is 46.4 Å². The summed E-state index contributed by atoms with van der Waals surface area (Å²) in [5, 5.41) is 14.6. The van der Waals surface area contributed by atoms with Gasteiger partial charge in [-0.1, -0.05) is 6.92 Å². The van der Waals surface area contributed by atoms with E-state index in [0.717, 1.165) is 12.8 Å². The molecule has 116 valence electrons. The van der Waals surface area contributed by atoms with Crippen LogP contribution in [0.4, 0.5) is 4.79 Å². The van der Waals surface area contributed by atoms with Crippen molar-refractivity contribution in [2.45, 2.75) is 32.6 Å². The Morgan fingerprint density at radius 3 is 2.40 bits per heavy atom. The summed E-state index contributed by atoms with van der Waals surface area (Å²) >= 11 is 0. The van der Waals surface area contributed by atoms with E-state index in [1.54, 1.807) is 6.26 Å². The molecule has 0 bridgehead atoms. The standard InChI is InChI=1S/C13H24N2O4S/c1-10-3-5-13(6-4-10,11(16)17)9-15-12(18)14-7-8-20(2)19/h10H,3-9H2,1-2H3,(H,16,17)(H2,14,15,18). The highest BCUT2D eigenvalue weighted by Gasteiger charge is 2.41. The fourth-order valence-corrected chi connectivity index (χ4v) is 2.79. The molecule has 1 rings (SSSR count). The number of carbonyl (C=O) groups excluding carboxylic acids is 1. The van der Waals surface area contributed by atoms with E-state index >= 15 is 0 Å². The Hall–Kier alpha value is -1.11. The molecule has 2 amide bonds. The van der Waals surface area contributed by atoms with Gasteiger partial charge in [-0.2, -0.15) is 0 Å². The normalized spacial score (nSPS) is 27.6. The van der Waals surface area contributed by atoms with Crippen molar-refractivity contribution in [1.29, 1.82) is 0 Å². The molecule has 0 aromatic rings. The maximum absolute atomic E-state index is 11.6. The lowest BCUT2D eigenvalue weighted by Crippen LogP contribution is -2.48. The zero-order chi connectivity index (χ0) is 15.2. The molecule has 3 N–H and O–H groups in total. The van der Waals surface area contributed by atoms with Crippen LogP contribution in [0.1, 0.15) is 32.6 Å². The summed E-state index contributed by atoms with van der Waals surface area (Å²) in [6.45, 7) is 2.60. The first-order valence-electron chi connectivity index (χ1n) is 6.91. The number of amides is 2. The maximum Gasteiger partial charge on any atom is 0.314 e. The molecule has 0 saturated heterocycles. The lowest BCUT2D eigenvalue weighted by atomic mass is 9.71. The zero-order valence-corrected chi connectivity index (χ0v) is 12.9. The van der Waals surface area contributed by atoms with Gasteiger partial charge in [-0.05, 0) is 31.6 Å². The molecule has 1 aliphatic rings. The highest BCUT2D eigenvalue weighted by atomic mass is 32.2. The molecule has 0 spiro atoms.